The molecule has 0 amide bonds. The molecule has 0 aromatic carbocycles. The Hall–Kier alpha value is -1.66. The minimum Gasteiger partial charge on any atom is -0.409 e. The van der Waals surface area contributed by atoms with E-state index in [9.17, 15) is 0 Å². The van der Waals surface area contributed by atoms with Crippen LogP contribution in [-0.2, 0) is 11.3 Å². The van der Waals surface area contributed by atoms with Crippen molar-refractivity contribution >= 4 is 5.84 Å². The molecule has 0 aliphatic heterocycles. The second-order valence-electron chi connectivity index (χ2n) is 5.75. The lowest BCUT2D eigenvalue weighted by molar-refractivity contribution is -0.0979. The summed E-state index contributed by atoms with van der Waals surface area (Å²) in [6.07, 6.45) is 2.99. The Morgan fingerprint density at radius 2 is 2.40 bits per heavy atom. The molecule has 1 saturated carbocycles. The first-order valence-electron chi connectivity index (χ1n) is 6.68. The molecule has 110 valence electrons. The minimum atomic E-state index is 0.0234. The third-order valence-electron chi connectivity index (χ3n) is 4.21. The molecule has 1 fully saturated rings. The number of nitrogens with two attached hydrogens (primary N) is 1. The molecule has 6 nitrogen and oxygen atoms in total. The molecule has 1 aromatic rings. The lowest BCUT2D eigenvalue weighted by Gasteiger charge is -2.51. The molecule has 2 atom stereocenters. The van der Waals surface area contributed by atoms with Gasteiger partial charge in [0.1, 0.15) is 5.69 Å². The van der Waals surface area contributed by atoms with Crippen LogP contribution >= 0.6 is 0 Å². The molecule has 4 N–H and O–H groups in total. The quantitative estimate of drug-likeness (QED) is 0.324. The highest BCUT2D eigenvalue weighted by Gasteiger charge is 2.48. The first kappa shape index (κ1) is 14.7. The van der Waals surface area contributed by atoms with Crippen molar-refractivity contribution in [2.45, 2.75) is 39.0 Å². The maximum Gasteiger partial charge on any atom is 0.188 e. The Bertz CT molecular complexity index is 502. The fourth-order valence-electron chi connectivity index (χ4n) is 2.65. The molecular weight excluding hydrogens is 256 g/mol. The van der Waals surface area contributed by atoms with E-state index in [0.717, 1.165) is 18.5 Å². The number of aromatic nitrogens is 1. The Morgan fingerprint density at radius 3 is 3.00 bits per heavy atom. The van der Waals surface area contributed by atoms with E-state index in [1.807, 2.05) is 12.1 Å². The van der Waals surface area contributed by atoms with Gasteiger partial charge in [0.05, 0.1) is 6.10 Å². The van der Waals surface area contributed by atoms with Crippen LogP contribution in [0.15, 0.2) is 23.5 Å². The summed E-state index contributed by atoms with van der Waals surface area (Å²) in [5.74, 6) is 0.0234. The zero-order valence-corrected chi connectivity index (χ0v) is 12.1. The van der Waals surface area contributed by atoms with Gasteiger partial charge in [-0.3, -0.25) is 4.98 Å². The Balaban J connectivity index is 1.96. The minimum absolute atomic E-state index is 0.0234. The third-order valence-corrected chi connectivity index (χ3v) is 4.21. The average Bonchev–Trinajstić information content (AvgIpc) is 2.45. The molecule has 1 aliphatic carbocycles. The average molecular weight is 278 g/mol. The summed E-state index contributed by atoms with van der Waals surface area (Å²) >= 11 is 0. The molecule has 0 spiro atoms. The zero-order valence-electron chi connectivity index (χ0n) is 12.1. The van der Waals surface area contributed by atoms with Gasteiger partial charge in [-0.1, -0.05) is 19.0 Å². The van der Waals surface area contributed by atoms with Crippen LogP contribution in [-0.4, -0.2) is 35.3 Å². The third kappa shape index (κ3) is 2.76. The number of methoxy groups -OCH3 is 1. The van der Waals surface area contributed by atoms with Gasteiger partial charge in [0.2, 0.25) is 0 Å². The highest BCUT2D eigenvalue weighted by molar-refractivity contribution is 5.95. The van der Waals surface area contributed by atoms with Gasteiger partial charge in [-0.2, -0.15) is 0 Å². The Kier molecular flexibility index (Phi) is 4.25. The van der Waals surface area contributed by atoms with Crippen LogP contribution in [0.25, 0.3) is 0 Å². The van der Waals surface area contributed by atoms with Crippen molar-refractivity contribution in [3.05, 3.63) is 29.6 Å². The monoisotopic (exact) mass is 278 g/mol. The molecule has 0 radical (unpaired) electrons. The summed E-state index contributed by atoms with van der Waals surface area (Å²) in [6, 6.07) is 4.16. The maximum atomic E-state index is 8.66. The lowest BCUT2D eigenvalue weighted by atomic mass is 9.64. The van der Waals surface area contributed by atoms with Crippen molar-refractivity contribution in [1.82, 2.24) is 10.3 Å². The number of rotatable bonds is 5. The lowest BCUT2D eigenvalue weighted by Crippen LogP contribution is -2.60. The van der Waals surface area contributed by atoms with Gasteiger partial charge in [0.25, 0.3) is 0 Å². The zero-order chi connectivity index (χ0) is 14.8. The molecule has 0 bridgehead atoms. The molecule has 6 heteroatoms. The highest BCUT2D eigenvalue weighted by Crippen LogP contribution is 2.42. The van der Waals surface area contributed by atoms with E-state index in [1.54, 1.807) is 13.3 Å². The molecule has 1 aromatic heterocycles. The summed E-state index contributed by atoms with van der Waals surface area (Å²) in [4.78, 5) is 4.06. The second-order valence-corrected chi connectivity index (χ2v) is 5.75. The molecule has 2 rings (SSSR count). The molecule has 2 unspecified atom stereocenters. The van der Waals surface area contributed by atoms with Gasteiger partial charge in [-0.25, -0.2) is 0 Å². The van der Waals surface area contributed by atoms with E-state index < -0.39 is 0 Å². The smallest absolute Gasteiger partial charge is 0.188 e. The number of hydrogen-bond donors (Lipinski definition) is 3. The predicted octanol–water partition coefficient (Wildman–Crippen LogP) is 1.08. The number of amidine groups is 1. The number of pyridine rings is 1. The van der Waals surface area contributed by atoms with Crippen LogP contribution in [0.2, 0.25) is 0 Å². The van der Waals surface area contributed by atoms with Crippen LogP contribution in [0.3, 0.4) is 0 Å². The van der Waals surface area contributed by atoms with Crippen molar-refractivity contribution in [1.29, 1.82) is 0 Å². The maximum absolute atomic E-state index is 8.66. The van der Waals surface area contributed by atoms with E-state index in [0.29, 0.717) is 17.8 Å². The number of hydrogen-bond acceptors (Lipinski definition) is 5. The van der Waals surface area contributed by atoms with Crippen molar-refractivity contribution in [2.24, 2.45) is 16.3 Å². The van der Waals surface area contributed by atoms with Gasteiger partial charge in [0, 0.05) is 31.3 Å². The Morgan fingerprint density at radius 1 is 1.65 bits per heavy atom. The van der Waals surface area contributed by atoms with Crippen LogP contribution in [0.5, 0.6) is 0 Å². The summed E-state index contributed by atoms with van der Waals surface area (Å²) in [5, 5.41) is 15.1. The fraction of sp³-hybridized carbons (Fsp3) is 0.571. The summed E-state index contributed by atoms with van der Waals surface area (Å²) in [6.45, 7) is 5.13. The van der Waals surface area contributed by atoms with Crippen LogP contribution < -0.4 is 11.1 Å². The molecule has 1 aliphatic rings. The molecule has 0 saturated heterocycles. The van der Waals surface area contributed by atoms with Crippen LogP contribution in [0, 0.1) is 5.41 Å². The van der Waals surface area contributed by atoms with E-state index in [1.165, 1.54) is 0 Å². The molecular formula is C14H22N4O2. The second kappa shape index (κ2) is 5.76. The largest absolute Gasteiger partial charge is 0.409 e. The SMILES string of the molecule is COC1CC(NCc2ccnc(/C(N)=N/O)c2)C1(C)C. The van der Waals surface area contributed by atoms with Gasteiger partial charge in [0.15, 0.2) is 5.84 Å². The Labute approximate surface area is 119 Å². The molecule has 20 heavy (non-hydrogen) atoms. The van der Waals surface area contributed by atoms with E-state index in [2.05, 4.69) is 29.3 Å². The van der Waals surface area contributed by atoms with Gasteiger partial charge >= 0.3 is 0 Å². The molecule has 1 heterocycles. The topological polar surface area (TPSA) is 92.8 Å². The van der Waals surface area contributed by atoms with Gasteiger partial charge in [-0.05, 0) is 24.1 Å². The van der Waals surface area contributed by atoms with Crippen LogP contribution in [0.1, 0.15) is 31.5 Å². The predicted molar refractivity (Wildman–Crippen MR) is 76.6 cm³/mol. The van der Waals surface area contributed by atoms with Gasteiger partial charge in [-0.15, -0.1) is 0 Å². The summed E-state index contributed by atoms with van der Waals surface area (Å²) < 4.78 is 5.44. The first-order chi connectivity index (χ1) is 9.48. The number of nitrogens with zero attached hydrogens (tertiary/aromatic N) is 2. The first-order valence-corrected chi connectivity index (χ1v) is 6.68. The highest BCUT2D eigenvalue weighted by atomic mass is 16.5. The fourth-order valence-corrected chi connectivity index (χ4v) is 2.65. The van der Waals surface area contributed by atoms with Crippen molar-refractivity contribution < 1.29 is 9.94 Å². The number of oxime groups is 1. The van der Waals surface area contributed by atoms with Crippen molar-refractivity contribution in [3.8, 4) is 0 Å². The van der Waals surface area contributed by atoms with E-state index in [-0.39, 0.29) is 11.3 Å². The van der Waals surface area contributed by atoms with Gasteiger partial charge < -0.3 is 21.0 Å². The van der Waals surface area contributed by atoms with Crippen molar-refractivity contribution in [2.75, 3.05) is 7.11 Å². The number of nitrogens with one attached hydrogen (secondary N) is 1. The summed E-state index contributed by atoms with van der Waals surface area (Å²) in [7, 11) is 1.76. The van der Waals surface area contributed by atoms with Crippen molar-refractivity contribution in [3.63, 3.8) is 0 Å². The summed E-state index contributed by atoms with van der Waals surface area (Å²) in [5.41, 5.74) is 7.21. The number of ether oxygens (including phenoxy) is 1. The van der Waals surface area contributed by atoms with E-state index in [4.69, 9.17) is 15.7 Å². The standard InChI is InChI=1S/C14H22N4O2/c1-14(2)11(7-12(14)20-3)17-8-9-4-5-16-10(6-9)13(15)18-19/h4-6,11-12,17,19H,7-8H2,1-3H3,(H2,15,18). The van der Waals surface area contributed by atoms with E-state index >= 15 is 0 Å². The normalized spacial score (nSPS) is 25.2. The van der Waals surface area contributed by atoms with Crippen LogP contribution in [0.4, 0.5) is 0 Å².